The number of aryl methyl sites for hydroxylation is 1. The van der Waals surface area contributed by atoms with Crippen molar-refractivity contribution in [2.75, 3.05) is 13.2 Å². The van der Waals surface area contributed by atoms with Crippen LogP contribution in [0.4, 0.5) is 0 Å². The normalized spacial score (nSPS) is 10.1. The second kappa shape index (κ2) is 5.50. The van der Waals surface area contributed by atoms with Crippen molar-refractivity contribution in [3.05, 3.63) is 23.8 Å². The number of rotatable bonds is 5. The molecule has 0 radical (unpaired) electrons. The largest absolute Gasteiger partial charge is 0.508 e. The van der Waals surface area contributed by atoms with Crippen molar-refractivity contribution in [1.29, 1.82) is 0 Å². The molecule has 0 aromatic heterocycles. The first kappa shape index (κ1) is 10.9. The fraction of sp³-hybridized carbons (Fsp3) is 0.455. The van der Waals surface area contributed by atoms with Crippen molar-refractivity contribution in [1.82, 2.24) is 0 Å². The third-order valence-electron chi connectivity index (χ3n) is 1.95. The first-order valence-electron chi connectivity index (χ1n) is 4.83. The van der Waals surface area contributed by atoms with E-state index in [1.165, 1.54) is 0 Å². The zero-order chi connectivity index (χ0) is 10.4. The smallest absolute Gasteiger partial charge is 0.126 e. The molecule has 0 aliphatic heterocycles. The zero-order valence-electron chi connectivity index (χ0n) is 8.36. The maximum atomic E-state index is 9.26. The number of aliphatic hydroxyl groups is 1. The minimum Gasteiger partial charge on any atom is -0.508 e. The predicted molar refractivity (Wildman–Crippen MR) is 54.7 cm³/mol. The van der Waals surface area contributed by atoms with Gasteiger partial charge >= 0.3 is 0 Å². The number of hydrogen-bond acceptors (Lipinski definition) is 3. The van der Waals surface area contributed by atoms with Crippen molar-refractivity contribution in [2.24, 2.45) is 0 Å². The Morgan fingerprint density at radius 1 is 1.36 bits per heavy atom. The lowest BCUT2D eigenvalue weighted by Gasteiger charge is -2.09. The van der Waals surface area contributed by atoms with Gasteiger partial charge in [0.15, 0.2) is 0 Å². The number of hydrogen-bond donors (Lipinski definition) is 2. The molecular formula is C11H16O3. The molecule has 1 aromatic carbocycles. The monoisotopic (exact) mass is 196 g/mol. The van der Waals surface area contributed by atoms with Crippen LogP contribution in [0.25, 0.3) is 0 Å². The van der Waals surface area contributed by atoms with Gasteiger partial charge in [-0.2, -0.15) is 0 Å². The molecule has 1 aromatic rings. The van der Waals surface area contributed by atoms with Crippen LogP contribution in [0.5, 0.6) is 11.5 Å². The molecule has 0 aliphatic carbocycles. The molecule has 78 valence electrons. The lowest BCUT2D eigenvalue weighted by molar-refractivity contribution is 0.286. The summed E-state index contributed by atoms with van der Waals surface area (Å²) in [5, 5.41) is 18.0. The standard InChI is InChI=1S/C11H16O3/c1-2-14-11-8-10(13)6-5-9(11)4-3-7-12/h5-6,8,12-13H,2-4,7H2,1H3. The molecule has 0 atom stereocenters. The van der Waals surface area contributed by atoms with Crippen molar-refractivity contribution >= 4 is 0 Å². The SMILES string of the molecule is CCOc1cc(O)ccc1CCCO. The zero-order valence-corrected chi connectivity index (χ0v) is 8.36. The highest BCUT2D eigenvalue weighted by atomic mass is 16.5. The van der Waals surface area contributed by atoms with Crippen molar-refractivity contribution in [3.63, 3.8) is 0 Å². The van der Waals surface area contributed by atoms with Gasteiger partial charge in [0.25, 0.3) is 0 Å². The summed E-state index contributed by atoms with van der Waals surface area (Å²) >= 11 is 0. The van der Waals surface area contributed by atoms with Crippen LogP contribution in [0.3, 0.4) is 0 Å². The third kappa shape index (κ3) is 2.92. The summed E-state index contributed by atoms with van der Waals surface area (Å²) in [5.74, 6) is 0.919. The van der Waals surface area contributed by atoms with Crippen LogP contribution in [-0.4, -0.2) is 23.4 Å². The molecule has 0 aliphatic rings. The molecule has 14 heavy (non-hydrogen) atoms. The van der Waals surface area contributed by atoms with Crippen LogP contribution in [0.15, 0.2) is 18.2 Å². The highest BCUT2D eigenvalue weighted by molar-refractivity contribution is 5.40. The van der Waals surface area contributed by atoms with Gasteiger partial charge in [0.2, 0.25) is 0 Å². The molecule has 0 unspecified atom stereocenters. The van der Waals surface area contributed by atoms with E-state index < -0.39 is 0 Å². The van der Waals surface area contributed by atoms with Crippen LogP contribution in [-0.2, 0) is 6.42 Å². The molecule has 1 rings (SSSR count). The summed E-state index contributed by atoms with van der Waals surface area (Å²) in [6, 6.07) is 5.07. The molecule has 0 bridgehead atoms. The topological polar surface area (TPSA) is 49.7 Å². The van der Waals surface area contributed by atoms with E-state index in [2.05, 4.69) is 0 Å². The fourth-order valence-corrected chi connectivity index (χ4v) is 1.31. The van der Waals surface area contributed by atoms with Gasteiger partial charge in [0, 0.05) is 12.7 Å². The molecule has 0 amide bonds. The van der Waals surface area contributed by atoms with E-state index in [0.717, 1.165) is 12.0 Å². The first-order chi connectivity index (χ1) is 6.77. The summed E-state index contributed by atoms with van der Waals surface area (Å²) in [5.41, 5.74) is 1.03. The van der Waals surface area contributed by atoms with E-state index in [1.54, 1.807) is 12.1 Å². The van der Waals surface area contributed by atoms with E-state index in [9.17, 15) is 5.11 Å². The van der Waals surface area contributed by atoms with Gasteiger partial charge in [-0.15, -0.1) is 0 Å². The lowest BCUT2D eigenvalue weighted by Crippen LogP contribution is -1.97. The minimum atomic E-state index is 0.173. The summed E-state index contributed by atoms with van der Waals surface area (Å²) in [4.78, 5) is 0. The van der Waals surface area contributed by atoms with Crippen molar-refractivity contribution in [2.45, 2.75) is 19.8 Å². The van der Waals surface area contributed by atoms with E-state index in [4.69, 9.17) is 9.84 Å². The summed E-state index contributed by atoms with van der Waals surface area (Å²) in [7, 11) is 0. The van der Waals surface area contributed by atoms with Gasteiger partial charge in [-0.3, -0.25) is 0 Å². The Hall–Kier alpha value is -1.22. The van der Waals surface area contributed by atoms with E-state index in [0.29, 0.717) is 18.8 Å². The third-order valence-corrected chi connectivity index (χ3v) is 1.95. The van der Waals surface area contributed by atoms with Gasteiger partial charge in [-0.05, 0) is 31.4 Å². The Morgan fingerprint density at radius 2 is 2.14 bits per heavy atom. The van der Waals surface area contributed by atoms with Gasteiger partial charge < -0.3 is 14.9 Å². The number of aliphatic hydroxyl groups excluding tert-OH is 1. The highest BCUT2D eigenvalue weighted by Gasteiger charge is 2.03. The van der Waals surface area contributed by atoms with Crippen molar-refractivity contribution < 1.29 is 14.9 Å². The number of phenols is 1. The molecule has 0 fully saturated rings. The first-order valence-corrected chi connectivity index (χ1v) is 4.83. The van der Waals surface area contributed by atoms with Crippen molar-refractivity contribution in [3.8, 4) is 11.5 Å². The van der Waals surface area contributed by atoms with Crippen LogP contribution < -0.4 is 4.74 Å². The molecule has 0 heterocycles. The molecule has 0 spiro atoms. The molecular weight excluding hydrogens is 180 g/mol. The average Bonchev–Trinajstić information content (AvgIpc) is 2.17. The summed E-state index contributed by atoms with van der Waals surface area (Å²) in [6.07, 6.45) is 1.48. The van der Waals surface area contributed by atoms with Crippen LogP contribution in [0.2, 0.25) is 0 Å². The van der Waals surface area contributed by atoms with Gasteiger partial charge in [0.1, 0.15) is 11.5 Å². The second-order valence-electron chi connectivity index (χ2n) is 3.05. The fourth-order valence-electron chi connectivity index (χ4n) is 1.31. The lowest BCUT2D eigenvalue weighted by atomic mass is 10.1. The van der Waals surface area contributed by atoms with Gasteiger partial charge in [0.05, 0.1) is 6.61 Å². The Balaban J connectivity index is 2.78. The van der Waals surface area contributed by atoms with E-state index in [1.807, 2.05) is 13.0 Å². The Kier molecular flexibility index (Phi) is 4.26. The van der Waals surface area contributed by atoms with Crippen LogP contribution in [0.1, 0.15) is 18.9 Å². The molecule has 2 N–H and O–H groups in total. The molecule has 3 nitrogen and oxygen atoms in total. The number of aromatic hydroxyl groups is 1. The number of phenolic OH excluding ortho intramolecular Hbond substituents is 1. The van der Waals surface area contributed by atoms with Gasteiger partial charge in [-0.1, -0.05) is 6.07 Å². The van der Waals surface area contributed by atoms with Gasteiger partial charge in [-0.25, -0.2) is 0 Å². The van der Waals surface area contributed by atoms with Crippen LogP contribution >= 0.6 is 0 Å². The van der Waals surface area contributed by atoms with Crippen LogP contribution in [0, 0.1) is 0 Å². The Morgan fingerprint density at radius 3 is 2.79 bits per heavy atom. The quantitative estimate of drug-likeness (QED) is 0.753. The molecule has 0 saturated heterocycles. The second-order valence-corrected chi connectivity index (χ2v) is 3.05. The summed E-state index contributed by atoms with van der Waals surface area (Å²) < 4.78 is 5.37. The predicted octanol–water partition coefficient (Wildman–Crippen LogP) is 1.72. The van der Waals surface area contributed by atoms with E-state index in [-0.39, 0.29) is 12.4 Å². The molecule has 3 heteroatoms. The Bertz CT molecular complexity index is 284. The number of ether oxygens (including phenoxy) is 1. The maximum absolute atomic E-state index is 9.26. The highest BCUT2D eigenvalue weighted by Crippen LogP contribution is 2.25. The minimum absolute atomic E-state index is 0.173. The average molecular weight is 196 g/mol. The Labute approximate surface area is 84.0 Å². The summed E-state index contributed by atoms with van der Waals surface area (Å²) in [6.45, 7) is 2.65. The number of benzene rings is 1. The maximum Gasteiger partial charge on any atom is 0.126 e. The van der Waals surface area contributed by atoms with E-state index >= 15 is 0 Å². The molecule has 0 saturated carbocycles.